The summed E-state index contributed by atoms with van der Waals surface area (Å²) in [6.45, 7) is 2.33. The van der Waals surface area contributed by atoms with Gasteiger partial charge in [0.05, 0.1) is 25.1 Å². The number of anilines is 2. The van der Waals surface area contributed by atoms with Gasteiger partial charge in [-0.2, -0.15) is 4.31 Å². The van der Waals surface area contributed by atoms with Crippen molar-refractivity contribution < 1.29 is 13.2 Å². The molecule has 128 valence electrons. The van der Waals surface area contributed by atoms with E-state index in [1.54, 1.807) is 20.1 Å². The molecule has 1 aliphatic rings. The number of aromatic nitrogens is 2. The van der Waals surface area contributed by atoms with E-state index in [0.29, 0.717) is 18.2 Å². The normalized spacial score (nSPS) is 18.0. The summed E-state index contributed by atoms with van der Waals surface area (Å²) in [7, 11) is -1.60. The van der Waals surface area contributed by atoms with E-state index in [-0.39, 0.29) is 6.04 Å². The topological polar surface area (TPSA) is 84.4 Å². The van der Waals surface area contributed by atoms with Crippen molar-refractivity contribution in [2.24, 2.45) is 0 Å². The first-order valence-electron chi connectivity index (χ1n) is 7.60. The molecule has 3 rings (SSSR count). The second-order valence-corrected chi connectivity index (χ2v) is 7.69. The van der Waals surface area contributed by atoms with Crippen LogP contribution in [0.1, 0.15) is 24.0 Å². The predicted molar refractivity (Wildman–Crippen MR) is 92.0 cm³/mol. The van der Waals surface area contributed by atoms with Crippen molar-refractivity contribution >= 4 is 21.5 Å². The Hall–Kier alpha value is -2.19. The maximum absolute atomic E-state index is 11.8. The molecule has 0 amide bonds. The Kier molecular flexibility index (Phi) is 4.42. The molecule has 7 nitrogen and oxygen atoms in total. The Morgan fingerprint density at radius 2 is 1.96 bits per heavy atom. The number of aryl methyl sites for hydroxylation is 1. The summed E-state index contributed by atoms with van der Waals surface area (Å²) in [6, 6.07) is 9.09. The van der Waals surface area contributed by atoms with Crippen LogP contribution in [0.5, 0.6) is 5.75 Å². The van der Waals surface area contributed by atoms with Gasteiger partial charge in [-0.25, -0.2) is 18.4 Å². The Morgan fingerprint density at radius 1 is 1.25 bits per heavy atom. The zero-order valence-corrected chi connectivity index (χ0v) is 14.7. The van der Waals surface area contributed by atoms with E-state index in [1.807, 2.05) is 24.3 Å². The molecule has 1 fully saturated rings. The summed E-state index contributed by atoms with van der Waals surface area (Å²) in [4.78, 5) is 8.79. The highest BCUT2D eigenvalue weighted by molar-refractivity contribution is 7.88. The first-order valence-corrected chi connectivity index (χ1v) is 9.45. The number of nitrogens with one attached hydrogen (secondary N) is 1. The smallest absolute Gasteiger partial charge is 0.211 e. The number of methoxy groups -OCH3 is 1. The fraction of sp³-hybridized carbons (Fsp3) is 0.375. The minimum absolute atomic E-state index is 0.210. The van der Waals surface area contributed by atoms with Gasteiger partial charge in [-0.3, -0.25) is 0 Å². The molecule has 1 aromatic carbocycles. The summed E-state index contributed by atoms with van der Waals surface area (Å²) < 4.78 is 30.2. The van der Waals surface area contributed by atoms with E-state index in [9.17, 15) is 8.42 Å². The summed E-state index contributed by atoms with van der Waals surface area (Å²) in [5, 5.41) is 3.22. The van der Waals surface area contributed by atoms with Crippen molar-refractivity contribution in [2.45, 2.75) is 19.4 Å². The van der Waals surface area contributed by atoms with Crippen molar-refractivity contribution in [3.05, 3.63) is 41.9 Å². The van der Waals surface area contributed by atoms with Gasteiger partial charge in [0.1, 0.15) is 17.4 Å². The SMILES string of the molecule is COc1ccc(Nc2cc([C@@H]3CCN3S(C)(=O)=O)nc(C)n2)cc1. The molecule has 8 heteroatoms. The van der Waals surface area contributed by atoms with E-state index in [0.717, 1.165) is 23.6 Å². The third-order valence-electron chi connectivity index (χ3n) is 3.96. The van der Waals surface area contributed by atoms with Crippen LogP contribution in [-0.2, 0) is 10.0 Å². The van der Waals surface area contributed by atoms with Crippen LogP contribution in [0, 0.1) is 6.92 Å². The number of rotatable bonds is 5. The Labute approximate surface area is 141 Å². The predicted octanol–water partition coefficient (Wildman–Crippen LogP) is 2.24. The number of nitrogens with zero attached hydrogens (tertiary/aromatic N) is 3. The highest BCUT2D eigenvalue weighted by Gasteiger charge is 2.37. The number of ether oxygens (including phenoxy) is 1. The molecular formula is C16H20N4O3S. The lowest BCUT2D eigenvalue weighted by Crippen LogP contribution is -2.44. The highest BCUT2D eigenvalue weighted by atomic mass is 32.2. The van der Waals surface area contributed by atoms with Crippen LogP contribution in [0.3, 0.4) is 0 Å². The largest absolute Gasteiger partial charge is 0.497 e. The molecule has 2 aromatic rings. The first kappa shape index (κ1) is 16.7. The van der Waals surface area contributed by atoms with Crippen LogP contribution >= 0.6 is 0 Å². The lowest BCUT2D eigenvalue weighted by molar-refractivity contribution is 0.199. The van der Waals surface area contributed by atoms with E-state index >= 15 is 0 Å². The molecule has 0 saturated carbocycles. The summed E-state index contributed by atoms with van der Waals surface area (Å²) in [5.74, 6) is 2.02. The molecule has 0 spiro atoms. The Morgan fingerprint density at radius 3 is 2.50 bits per heavy atom. The van der Waals surface area contributed by atoms with Crippen LogP contribution in [0.2, 0.25) is 0 Å². The Balaban J connectivity index is 1.83. The fourth-order valence-electron chi connectivity index (χ4n) is 2.70. The molecular weight excluding hydrogens is 328 g/mol. The van der Waals surface area contributed by atoms with Gasteiger partial charge in [0.15, 0.2) is 0 Å². The minimum Gasteiger partial charge on any atom is -0.497 e. The third-order valence-corrected chi connectivity index (χ3v) is 5.25. The highest BCUT2D eigenvalue weighted by Crippen LogP contribution is 2.35. The standard InChI is InChI=1S/C16H20N4O3S/c1-11-17-14(15-8-9-20(15)24(3,21)22)10-16(18-11)19-12-4-6-13(23-2)7-5-12/h4-7,10,15H,8-9H2,1-3H3,(H,17,18,19)/t15-/m0/s1. The van der Waals surface area contributed by atoms with Gasteiger partial charge in [-0.15, -0.1) is 0 Å². The van der Waals surface area contributed by atoms with Crippen molar-refractivity contribution in [1.29, 1.82) is 0 Å². The number of sulfonamides is 1. The number of hydrogen-bond donors (Lipinski definition) is 1. The number of hydrogen-bond acceptors (Lipinski definition) is 6. The maximum atomic E-state index is 11.8. The number of benzene rings is 1. The zero-order valence-electron chi connectivity index (χ0n) is 13.9. The maximum Gasteiger partial charge on any atom is 0.211 e. The average Bonchev–Trinajstić information content (AvgIpc) is 2.44. The lowest BCUT2D eigenvalue weighted by atomic mass is 10.0. The van der Waals surface area contributed by atoms with E-state index in [4.69, 9.17) is 4.74 Å². The van der Waals surface area contributed by atoms with Gasteiger partial charge >= 0.3 is 0 Å². The summed E-state index contributed by atoms with van der Waals surface area (Å²) in [6.07, 6.45) is 2.00. The van der Waals surface area contributed by atoms with Crippen LogP contribution in [-0.4, -0.2) is 42.6 Å². The molecule has 2 heterocycles. The molecule has 1 saturated heterocycles. The fourth-order valence-corrected chi connectivity index (χ4v) is 3.82. The second-order valence-electron chi connectivity index (χ2n) is 5.76. The van der Waals surface area contributed by atoms with E-state index in [1.165, 1.54) is 10.6 Å². The van der Waals surface area contributed by atoms with Crippen molar-refractivity contribution in [3.63, 3.8) is 0 Å². The monoisotopic (exact) mass is 348 g/mol. The molecule has 1 aliphatic heterocycles. The van der Waals surface area contributed by atoms with E-state index < -0.39 is 10.0 Å². The average molecular weight is 348 g/mol. The molecule has 1 atom stereocenters. The van der Waals surface area contributed by atoms with Crippen LogP contribution in [0.4, 0.5) is 11.5 Å². The Bertz CT molecular complexity index is 837. The molecule has 0 aliphatic carbocycles. The zero-order chi connectivity index (χ0) is 17.3. The van der Waals surface area contributed by atoms with Crippen molar-refractivity contribution in [1.82, 2.24) is 14.3 Å². The van der Waals surface area contributed by atoms with Gasteiger partial charge < -0.3 is 10.1 Å². The van der Waals surface area contributed by atoms with Gasteiger partial charge in [0.2, 0.25) is 10.0 Å². The van der Waals surface area contributed by atoms with Crippen molar-refractivity contribution in [2.75, 3.05) is 25.2 Å². The van der Waals surface area contributed by atoms with Crippen molar-refractivity contribution in [3.8, 4) is 5.75 Å². The molecule has 0 unspecified atom stereocenters. The van der Waals surface area contributed by atoms with Crippen LogP contribution in [0.15, 0.2) is 30.3 Å². The molecule has 0 radical (unpaired) electrons. The van der Waals surface area contributed by atoms with Crippen LogP contribution < -0.4 is 10.1 Å². The van der Waals surface area contributed by atoms with Crippen LogP contribution in [0.25, 0.3) is 0 Å². The van der Waals surface area contributed by atoms with E-state index in [2.05, 4.69) is 15.3 Å². The van der Waals surface area contributed by atoms with Gasteiger partial charge in [0, 0.05) is 18.3 Å². The quantitative estimate of drug-likeness (QED) is 0.892. The molecule has 24 heavy (non-hydrogen) atoms. The van der Waals surface area contributed by atoms with Gasteiger partial charge in [0.25, 0.3) is 0 Å². The first-order chi connectivity index (χ1) is 11.4. The summed E-state index contributed by atoms with van der Waals surface area (Å²) in [5.41, 5.74) is 1.59. The lowest BCUT2D eigenvalue weighted by Gasteiger charge is -2.38. The van der Waals surface area contributed by atoms with Gasteiger partial charge in [-0.1, -0.05) is 0 Å². The minimum atomic E-state index is -3.22. The molecule has 1 N–H and O–H groups in total. The third kappa shape index (κ3) is 3.49. The van der Waals surface area contributed by atoms with Gasteiger partial charge in [-0.05, 0) is 37.6 Å². The summed E-state index contributed by atoms with van der Waals surface area (Å²) >= 11 is 0. The molecule has 1 aromatic heterocycles. The second kappa shape index (κ2) is 6.37. The molecule has 0 bridgehead atoms.